The van der Waals surface area contributed by atoms with Crippen LogP contribution in [0.5, 0.6) is 5.75 Å². The quantitative estimate of drug-likeness (QED) is 0.485. The van der Waals surface area contributed by atoms with Crippen molar-refractivity contribution < 1.29 is 27.9 Å². The SMILES string of the molecule is CCc1ccc(COc2ccc(S(=O)(=O)C3(C(=O)NO)CCOCC3)cc2)cn1.Cl. The van der Waals surface area contributed by atoms with Gasteiger partial charge in [-0.25, -0.2) is 13.9 Å². The Morgan fingerprint density at radius 2 is 1.87 bits per heavy atom. The normalized spacial score (nSPS) is 15.7. The number of amides is 1. The van der Waals surface area contributed by atoms with Gasteiger partial charge in [0.2, 0.25) is 0 Å². The lowest BCUT2D eigenvalue weighted by Crippen LogP contribution is -2.54. The van der Waals surface area contributed by atoms with Gasteiger partial charge in [-0.2, -0.15) is 0 Å². The number of carbonyl (C=O) groups is 1. The van der Waals surface area contributed by atoms with E-state index < -0.39 is 20.5 Å². The molecule has 30 heavy (non-hydrogen) atoms. The zero-order valence-corrected chi connectivity index (χ0v) is 18.2. The molecule has 1 amide bonds. The number of carbonyl (C=O) groups excluding carboxylic acids is 1. The van der Waals surface area contributed by atoms with Gasteiger partial charge in [-0.05, 0) is 49.6 Å². The molecule has 3 rings (SSSR count). The number of nitrogens with one attached hydrogen (secondary N) is 1. The molecule has 1 saturated heterocycles. The average Bonchev–Trinajstić information content (AvgIpc) is 2.78. The second-order valence-corrected chi connectivity index (χ2v) is 9.08. The maximum Gasteiger partial charge on any atom is 0.265 e. The van der Waals surface area contributed by atoms with Crippen LogP contribution in [0.3, 0.4) is 0 Å². The molecular weight excluding hydrogens is 432 g/mol. The molecule has 10 heteroatoms. The zero-order chi connectivity index (χ0) is 20.9. The second kappa shape index (κ2) is 10.2. The summed E-state index contributed by atoms with van der Waals surface area (Å²) in [4.78, 5) is 16.6. The predicted molar refractivity (Wildman–Crippen MR) is 112 cm³/mol. The van der Waals surface area contributed by atoms with Gasteiger partial charge in [0.25, 0.3) is 5.91 Å². The van der Waals surface area contributed by atoms with Crippen LogP contribution in [0.2, 0.25) is 0 Å². The summed E-state index contributed by atoms with van der Waals surface area (Å²) in [5.74, 6) is -0.444. The number of nitrogens with zero attached hydrogens (tertiary/aromatic N) is 1. The number of benzene rings is 1. The van der Waals surface area contributed by atoms with Crippen molar-refractivity contribution in [2.75, 3.05) is 13.2 Å². The first-order chi connectivity index (χ1) is 13.9. The van der Waals surface area contributed by atoms with E-state index in [4.69, 9.17) is 14.7 Å². The lowest BCUT2D eigenvalue weighted by Gasteiger charge is -2.34. The van der Waals surface area contributed by atoms with Crippen molar-refractivity contribution in [2.24, 2.45) is 0 Å². The summed E-state index contributed by atoms with van der Waals surface area (Å²) in [5.41, 5.74) is 3.41. The Morgan fingerprint density at radius 3 is 2.40 bits per heavy atom. The van der Waals surface area contributed by atoms with E-state index in [9.17, 15) is 13.2 Å². The van der Waals surface area contributed by atoms with Crippen molar-refractivity contribution >= 4 is 28.2 Å². The standard InChI is InChI=1S/C20H24N2O6S.ClH/c1-2-16-4-3-15(13-21-16)14-28-17-5-7-18(8-6-17)29(25,26)20(19(23)22-24)9-11-27-12-10-20;/h3-8,13,24H,2,9-12,14H2,1H3,(H,22,23);1H. The topological polar surface area (TPSA) is 115 Å². The Labute approximate surface area is 181 Å². The number of hydrogen-bond donors (Lipinski definition) is 2. The maximum absolute atomic E-state index is 13.2. The lowest BCUT2D eigenvalue weighted by molar-refractivity contribution is -0.134. The largest absolute Gasteiger partial charge is 0.489 e. The summed E-state index contributed by atoms with van der Waals surface area (Å²) in [7, 11) is -4.04. The summed E-state index contributed by atoms with van der Waals surface area (Å²) in [6, 6.07) is 9.78. The third kappa shape index (κ3) is 4.75. The van der Waals surface area contributed by atoms with Crippen LogP contribution in [0.25, 0.3) is 0 Å². The first kappa shape index (κ1) is 24.1. The van der Waals surface area contributed by atoms with Crippen LogP contribution in [-0.4, -0.2) is 42.5 Å². The van der Waals surface area contributed by atoms with E-state index in [2.05, 4.69) is 4.98 Å². The highest BCUT2D eigenvalue weighted by atomic mass is 35.5. The number of halogens is 1. The van der Waals surface area contributed by atoms with Gasteiger partial charge in [-0.1, -0.05) is 13.0 Å². The molecule has 2 N–H and O–H groups in total. The number of hydroxylamine groups is 1. The van der Waals surface area contributed by atoms with Crippen molar-refractivity contribution in [3.05, 3.63) is 53.9 Å². The Kier molecular flexibility index (Phi) is 8.19. The van der Waals surface area contributed by atoms with E-state index in [0.29, 0.717) is 12.4 Å². The monoisotopic (exact) mass is 456 g/mol. The Hall–Kier alpha value is -2.20. The van der Waals surface area contributed by atoms with E-state index in [1.54, 1.807) is 18.3 Å². The zero-order valence-electron chi connectivity index (χ0n) is 16.5. The highest BCUT2D eigenvalue weighted by molar-refractivity contribution is 7.93. The lowest BCUT2D eigenvalue weighted by atomic mass is 9.98. The van der Waals surface area contributed by atoms with Gasteiger partial charge < -0.3 is 9.47 Å². The number of ether oxygens (including phenoxy) is 2. The molecule has 1 aromatic heterocycles. The number of aromatic nitrogens is 1. The van der Waals surface area contributed by atoms with Gasteiger partial charge in [0.1, 0.15) is 12.4 Å². The number of aryl methyl sites for hydroxylation is 1. The molecule has 0 bridgehead atoms. The molecular formula is C20H25ClN2O6S. The van der Waals surface area contributed by atoms with Gasteiger partial charge >= 0.3 is 0 Å². The molecule has 0 spiro atoms. The third-order valence-electron chi connectivity index (χ3n) is 5.12. The van der Waals surface area contributed by atoms with Gasteiger partial charge in [-0.15, -0.1) is 12.4 Å². The Morgan fingerprint density at radius 1 is 1.20 bits per heavy atom. The van der Waals surface area contributed by atoms with E-state index in [1.807, 2.05) is 19.1 Å². The molecule has 0 saturated carbocycles. The fraction of sp³-hybridized carbons (Fsp3) is 0.400. The fourth-order valence-electron chi connectivity index (χ4n) is 3.28. The number of sulfone groups is 1. The smallest absolute Gasteiger partial charge is 0.265 e. The van der Waals surface area contributed by atoms with E-state index >= 15 is 0 Å². The summed E-state index contributed by atoms with van der Waals surface area (Å²) < 4.78 is 35.5. The molecule has 1 aliphatic heterocycles. The minimum absolute atomic E-state index is 0. The molecule has 8 nitrogen and oxygen atoms in total. The highest BCUT2D eigenvalue weighted by Crippen LogP contribution is 2.35. The van der Waals surface area contributed by atoms with Crippen LogP contribution in [0.1, 0.15) is 31.0 Å². The molecule has 2 aromatic rings. The van der Waals surface area contributed by atoms with Crippen molar-refractivity contribution in [3.8, 4) is 5.75 Å². The number of rotatable bonds is 7. The van der Waals surface area contributed by atoms with Crippen LogP contribution < -0.4 is 10.2 Å². The number of pyridine rings is 1. The number of hydrogen-bond acceptors (Lipinski definition) is 7. The van der Waals surface area contributed by atoms with Crippen molar-refractivity contribution in [3.63, 3.8) is 0 Å². The average molecular weight is 457 g/mol. The fourth-order valence-corrected chi connectivity index (χ4v) is 5.22. The summed E-state index contributed by atoms with van der Waals surface area (Å²) in [6.45, 7) is 2.58. The minimum atomic E-state index is -4.04. The van der Waals surface area contributed by atoms with Gasteiger partial charge in [-0.3, -0.25) is 15.0 Å². The Balaban J connectivity index is 0.00000320. The first-order valence-electron chi connectivity index (χ1n) is 9.36. The molecule has 0 radical (unpaired) electrons. The highest BCUT2D eigenvalue weighted by Gasteiger charge is 2.52. The van der Waals surface area contributed by atoms with Crippen molar-refractivity contribution in [1.29, 1.82) is 0 Å². The van der Waals surface area contributed by atoms with Crippen LogP contribution in [0, 0.1) is 0 Å². The maximum atomic E-state index is 13.2. The predicted octanol–water partition coefficient (Wildman–Crippen LogP) is 2.47. The molecule has 164 valence electrons. The van der Waals surface area contributed by atoms with E-state index in [-0.39, 0.29) is 43.4 Å². The molecule has 1 aromatic carbocycles. The third-order valence-corrected chi connectivity index (χ3v) is 7.63. The molecule has 1 aliphatic rings. The van der Waals surface area contributed by atoms with Crippen LogP contribution in [0.4, 0.5) is 0 Å². The molecule has 1 fully saturated rings. The van der Waals surface area contributed by atoms with Gasteiger partial charge in [0.15, 0.2) is 14.6 Å². The molecule has 2 heterocycles. The minimum Gasteiger partial charge on any atom is -0.489 e. The van der Waals surface area contributed by atoms with E-state index in [0.717, 1.165) is 17.7 Å². The summed E-state index contributed by atoms with van der Waals surface area (Å²) in [5, 5.41) is 9.09. The van der Waals surface area contributed by atoms with Gasteiger partial charge in [0, 0.05) is 30.7 Å². The first-order valence-corrected chi connectivity index (χ1v) is 10.8. The van der Waals surface area contributed by atoms with Crippen molar-refractivity contribution in [1.82, 2.24) is 10.5 Å². The van der Waals surface area contributed by atoms with Crippen LogP contribution >= 0.6 is 12.4 Å². The van der Waals surface area contributed by atoms with Crippen molar-refractivity contribution in [2.45, 2.75) is 42.4 Å². The van der Waals surface area contributed by atoms with Crippen LogP contribution in [0.15, 0.2) is 47.5 Å². The van der Waals surface area contributed by atoms with Crippen LogP contribution in [-0.2, 0) is 32.4 Å². The van der Waals surface area contributed by atoms with Gasteiger partial charge in [0.05, 0.1) is 4.90 Å². The summed E-state index contributed by atoms with van der Waals surface area (Å²) in [6.07, 6.45) is 2.56. The van der Waals surface area contributed by atoms with E-state index in [1.165, 1.54) is 17.6 Å². The molecule has 0 atom stereocenters. The Bertz CT molecular complexity index is 942. The second-order valence-electron chi connectivity index (χ2n) is 6.82. The molecule has 0 unspecified atom stereocenters. The molecule has 0 aliphatic carbocycles. The summed E-state index contributed by atoms with van der Waals surface area (Å²) >= 11 is 0.